The summed E-state index contributed by atoms with van der Waals surface area (Å²) in [7, 11) is -3.72. The maximum absolute atomic E-state index is 12.6. The van der Waals surface area contributed by atoms with E-state index < -0.39 is 27.8 Å². The molecular formula is C19H19ClN2O4S. The zero-order valence-electron chi connectivity index (χ0n) is 15.1. The van der Waals surface area contributed by atoms with Crippen LogP contribution in [-0.4, -0.2) is 26.0 Å². The maximum atomic E-state index is 12.6. The van der Waals surface area contributed by atoms with Crippen LogP contribution in [0.2, 0.25) is 5.02 Å². The molecule has 2 aromatic rings. The molecule has 3 rings (SSSR count). The van der Waals surface area contributed by atoms with Crippen molar-refractivity contribution < 1.29 is 18.0 Å². The number of carbonyl (C=O) groups excluding carboxylic acids is 2. The lowest BCUT2D eigenvalue weighted by molar-refractivity contribution is -0.119. The fourth-order valence-electron chi connectivity index (χ4n) is 2.98. The molecule has 1 aliphatic heterocycles. The van der Waals surface area contributed by atoms with Gasteiger partial charge in [-0.2, -0.15) is 0 Å². The van der Waals surface area contributed by atoms with Gasteiger partial charge in [-0.05, 0) is 49.2 Å². The van der Waals surface area contributed by atoms with Crippen LogP contribution in [0.4, 0.5) is 11.4 Å². The van der Waals surface area contributed by atoms with Crippen LogP contribution in [0.5, 0.6) is 0 Å². The standard InChI is InChI=1S/C19H19ClN2O4S/c1-11-5-4-6-17(13(11)3)21-18(23)15-8-7-14(9-16(15)20)22-19(24)12(2)10-27(22,25)26/h4-9,12H,10H2,1-3H3,(H,21,23). The fraction of sp³-hybridized carbons (Fsp3) is 0.263. The molecule has 1 fully saturated rings. The van der Waals surface area contributed by atoms with E-state index in [0.29, 0.717) is 5.69 Å². The Morgan fingerprint density at radius 3 is 2.52 bits per heavy atom. The van der Waals surface area contributed by atoms with Gasteiger partial charge in [0.2, 0.25) is 15.9 Å². The van der Waals surface area contributed by atoms with Gasteiger partial charge in [0.15, 0.2) is 0 Å². The number of anilines is 2. The third-order valence-corrected chi connectivity index (χ3v) is 6.83. The van der Waals surface area contributed by atoms with Crippen molar-refractivity contribution in [3.63, 3.8) is 0 Å². The Morgan fingerprint density at radius 1 is 1.22 bits per heavy atom. The second kappa shape index (κ2) is 6.98. The highest BCUT2D eigenvalue weighted by molar-refractivity contribution is 7.94. The Labute approximate surface area is 163 Å². The Hall–Kier alpha value is -2.38. The van der Waals surface area contributed by atoms with Gasteiger partial charge < -0.3 is 5.32 Å². The SMILES string of the molecule is Cc1cccc(NC(=O)c2ccc(N3C(=O)C(C)CS3(=O)=O)cc2Cl)c1C. The predicted octanol–water partition coefficient (Wildman–Crippen LogP) is 3.52. The number of nitrogens with zero attached hydrogens (tertiary/aromatic N) is 1. The summed E-state index contributed by atoms with van der Waals surface area (Å²) in [5.41, 5.74) is 2.99. The first-order valence-electron chi connectivity index (χ1n) is 8.36. The summed E-state index contributed by atoms with van der Waals surface area (Å²) in [4.78, 5) is 24.8. The smallest absolute Gasteiger partial charge is 0.257 e. The van der Waals surface area contributed by atoms with Crippen LogP contribution in [0.1, 0.15) is 28.4 Å². The summed E-state index contributed by atoms with van der Waals surface area (Å²) in [6.45, 7) is 5.41. The van der Waals surface area contributed by atoms with Crippen LogP contribution >= 0.6 is 11.6 Å². The normalized spacial score (nSPS) is 18.6. The van der Waals surface area contributed by atoms with Crippen LogP contribution in [-0.2, 0) is 14.8 Å². The first-order chi connectivity index (χ1) is 12.6. The number of amides is 2. The molecule has 0 spiro atoms. The molecule has 27 heavy (non-hydrogen) atoms. The van der Waals surface area contributed by atoms with Crippen molar-refractivity contribution >= 4 is 44.8 Å². The summed E-state index contributed by atoms with van der Waals surface area (Å²) < 4.78 is 25.2. The zero-order chi connectivity index (χ0) is 19.9. The lowest BCUT2D eigenvalue weighted by Crippen LogP contribution is -2.30. The van der Waals surface area contributed by atoms with Gasteiger partial charge in [0, 0.05) is 5.69 Å². The molecule has 2 aromatic carbocycles. The molecule has 1 heterocycles. The predicted molar refractivity (Wildman–Crippen MR) is 106 cm³/mol. The highest BCUT2D eigenvalue weighted by atomic mass is 35.5. The average molecular weight is 407 g/mol. The number of benzene rings is 2. The van der Waals surface area contributed by atoms with Gasteiger partial charge in [0.05, 0.1) is 27.9 Å². The second-order valence-corrected chi connectivity index (χ2v) is 8.92. The molecule has 8 heteroatoms. The van der Waals surface area contributed by atoms with Crippen molar-refractivity contribution in [1.29, 1.82) is 0 Å². The molecule has 1 saturated heterocycles. The Kier molecular flexibility index (Phi) is 5.01. The van der Waals surface area contributed by atoms with Gasteiger partial charge in [-0.25, -0.2) is 12.7 Å². The van der Waals surface area contributed by atoms with E-state index in [1.165, 1.54) is 18.2 Å². The van der Waals surface area contributed by atoms with Crippen LogP contribution in [0.15, 0.2) is 36.4 Å². The van der Waals surface area contributed by atoms with Crippen molar-refractivity contribution in [3.8, 4) is 0 Å². The van der Waals surface area contributed by atoms with E-state index in [9.17, 15) is 18.0 Å². The zero-order valence-corrected chi connectivity index (χ0v) is 16.7. The summed E-state index contributed by atoms with van der Waals surface area (Å²) >= 11 is 6.22. The van der Waals surface area contributed by atoms with Crippen molar-refractivity contribution in [3.05, 3.63) is 58.1 Å². The van der Waals surface area contributed by atoms with Crippen LogP contribution in [0, 0.1) is 19.8 Å². The highest BCUT2D eigenvalue weighted by Gasteiger charge is 2.42. The summed E-state index contributed by atoms with van der Waals surface area (Å²) in [5.74, 6) is -1.76. The minimum Gasteiger partial charge on any atom is -0.322 e. The molecule has 6 nitrogen and oxygen atoms in total. The molecule has 0 aromatic heterocycles. The first kappa shape index (κ1) is 19.4. The summed E-state index contributed by atoms with van der Waals surface area (Å²) in [6, 6.07) is 9.74. The van der Waals surface area contributed by atoms with E-state index in [1.807, 2.05) is 26.0 Å². The van der Waals surface area contributed by atoms with Crippen LogP contribution < -0.4 is 9.62 Å². The monoisotopic (exact) mass is 406 g/mol. The molecular weight excluding hydrogens is 388 g/mol. The largest absolute Gasteiger partial charge is 0.322 e. The molecule has 2 amide bonds. The van der Waals surface area contributed by atoms with Crippen molar-refractivity contribution in [1.82, 2.24) is 0 Å². The second-order valence-electron chi connectivity index (χ2n) is 6.65. The number of hydrogen-bond acceptors (Lipinski definition) is 4. The van der Waals surface area contributed by atoms with Gasteiger partial charge in [-0.1, -0.05) is 30.7 Å². The quantitative estimate of drug-likeness (QED) is 0.845. The third-order valence-electron chi connectivity index (χ3n) is 4.65. The van der Waals surface area contributed by atoms with E-state index in [4.69, 9.17) is 11.6 Å². The van der Waals surface area contributed by atoms with Crippen LogP contribution in [0.3, 0.4) is 0 Å². The highest BCUT2D eigenvalue weighted by Crippen LogP contribution is 2.31. The molecule has 1 atom stereocenters. The maximum Gasteiger partial charge on any atom is 0.257 e. The van der Waals surface area contributed by atoms with Gasteiger partial charge in [0.1, 0.15) is 0 Å². The van der Waals surface area contributed by atoms with Gasteiger partial charge in [-0.3, -0.25) is 9.59 Å². The molecule has 142 valence electrons. The van der Waals surface area contributed by atoms with E-state index in [1.54, 1.807) is 13.0 Å². The van der Waals surface area contributed by atoms with Crippen molar-refractivity contribution in [2.24, 2.45) is 5.92 Å². The van der Waals surface area contributed by atoms with Gasteiger partial charge in [-0.15, -0.1) is 0 Å². The lowest BCUT2D eigenvalue weighted by Gasteiger charge is -2.17. The fourth-order valence-corrected chi connectivity index (χ4v) is 5.05. The van der Waals surface area contributed by atoms with Crippen molar-refractivity contribution in [2.75, 3.05) is 15.4 Å². The topological polar surface area (TPSA) is 83.6 Å². The number of nitrogens with one attached hydrogen (secondary N) is 1. The number of sulfonamides is 1. The molecule has 0 bridgehead atoms. The molecule has 1 aliphatic rings. The van der Waals surface area contributed by atoms with Crippen molar-refractivity contribution in [2.45, 2.75) is 20.8 Å². The Bertz CT molecular complexity index is 1050. The molecule has 1 N–H and O–H groups in total. The summed E-state index contributed by atoms with van der Waals surface area (Å²) in [6.07, 6.45) is 0. The molecule has 0 saturated carbocycles. The molecule has 1 unspecified atom stereocenters. The van der Waals surface area contributed by atoms with E-state index in [-0.39, 0.29) is 22.0 Å². The minimum absolute atomic E-state index is 0.0675. The van der Waals surface area contributed by atoms with Gasteiger partial charge >= 0.3 is 0 Å². The Balaban J connectivity index is 1.90. The molecule has 0 aliphatic carbocycles. The van der Waals surface area contributed by atoms with E-state index >= 15 is 0 Å². The number of rotatable bonds is 3. The van der Waals surface area contributed by atoms with E-state index in [2.05, 4.69) is 5.32 Å². The van der Waals surface area contributed by atoms with E-state index in [0.717, 1.165) is 15.4 Å². The first-order valence-corrected chi connectivity index (χ1v) is 10.3. The minimum atomic E-state index is -3.72. The number of halogens is 1. The molecule has 0 radical (unpaired) electrons. The Morgan fingerprint density at radius 2 is 1.93 bits per heavy atom. The number of carbonyl (C=O) groups is 2. The lowest BCUT2D eigenvalue weighted by atomic mass is 10.1. The number of aryl methyl sites for hydroxylation is 1. The number of hydrogen-bond donors (Lipinski definition) is 1. The third kappa shape index (κ3) is 3.57. The average Bonchev–Trinajstić information content (AvgIpc) is 2.79. The van der Waals surface area contributed by atoms with Gasteiger partial charge in [0.25, 0.3) is 5.91 Å². The van der Waals surface area contributed by atoms with Crippen LogP contribution in [0.25, 0.3) is 0 Å². The summed E-state index contributed by atoms with van der Waals surface area (Å²) in [5, 5.41) is 2.87.